The Balaban J connectivity index is 0.000000129. The number of primary amides is 2. The third-order valence-electron chi connectivity index (χ3n) is 28.5. The number of Topliss-reactive ketones (excluding diaryl/α,β-unsaturated/α-hetero) is 2. The number of aromatic nitrogens is 5. The molecule has 728 valence electrons. The van der Waals surface area contributed by atoms with Crippen LogP contribution in [0.5, 0.6) is 23.0 Å². The molecule has 8 fully saturated rings. The predicted molar refractivity (Wildman–Crippen MR) is 509 cm³/mol. The molecule has 4 aliphatic carbocycles. The highest BCUT2D eigenvalue weighted by Gasteiger charge is 2.55. The summed E-state index contributed by atoms with van der Waals surface area (Å²) in [7, 11) is 0. The summed E-state index contributed by atoms with van der Waals surface area (Å²) in [6.45, 7) is 2.76. The predicted octanol–water partition coefficient (Wildman–Crippen LogP) is 13.2. The molecule has 8 heterocycles. The lowest BCUT2D eigenvalue weighted by Gasteiger charge is -2.37. The SMILES string of the molecule is CC(=O)c1cn(CC(=O)N2C[C@@H]3CC[C@@H]3[C@H]2C(=O)NCc2cccc(Cl)c2F)c2cc(O)ccc12.CC(=O)c1cn(CC(=O)N2[C@@H]3CC[C@@H]3C[C@H]2C(=O)NCc2cccc(Cl)c2F)c2cc(O)ccc12.NC(=O)c1cn(CC(=O)N2[C@@H]3CC[C@@H]3C[C@H]2C(=O)NCc2cccc(Cl)c2F)c2cc(O)ccc12.NC(=O)c1nn(CC(=O)N2[C@@H]3CC[C@@H]3C[C@H]2C(=O)NCc2cccc(Cl)c2F)c2cc(O)ccc12. The molecule has 8 aromatic carbocycles. The van der Waals surface area contributed by atoms with Crippen LogP contribution in [0.2, 0.25) is 20.1 Å². The van der Waals surface area contributed by atoms with Crippen LogP contribution in [0.25, 0.3) is 43.6 Å². The van der Waals surface area contributed by atoms with E-state index in [1.165, 1.54) is 110 Å². The highest BCUT2D eigenvalue weighted by Crippen LogP contribution is 2.49. The minimum atomic E-state index is -0.752. The number of nitrogens with zero attached hydrogens (tertiary/aromatic N) is 9. The second-order valence-electron chi connectivity index (χ2n) is 36.8. The largest absolute Gasteiger partial charge is 0.508 e. The smallest absolute Gasteiger partial charge is 0.269 e. The minimum Gasteiger partial charge on any atom is -0.508 e. The van der Waals surface area contributed by atoms with Crippen molar-refractivity contribution in [3.8, 4) is 23.0 Å². The second kappa shape index (κ2) is 40.4. The van der Waals surface area contributed by atoms with Crippen LogP contribution in [-0.2, 0) is 90.7 Å². The van der Waals surface area contributed by atoms with E-state index < -0.39 is 59.3 Å². The molecule has 0 radical (unpaired) electrons. The molecule has 0 spiro atoms. The fraction of sp³-hybridized carbons (Fsp3) is 0.337. The minimum absolute atomic E-state index is 0.00594. The van der Waals surface area contributed by atoms with Crippen molar-refractivity contribution < 1.29 is 95.5 Å². The maximum Gasteiger partial charge on any atom is 0.269 e. The third kappa shape index (κ3) is 19.5. The number of rotatable bonds is 24. The van der Waals surface area contributed by atoms with Crippen LogP contribution in [-0.4, -0.2) is 183 Å². The highest BCUT2D eigenvalue weighted by atomic mass is 35.5. The molecular weight excluding hydrogens is 1900 g/mol. The molecule has 8 aliphatic rings. The number of phenols is 4. The number of benzene rings is 8. The van der Waals surface area contributed by atoms with E-state index in [9.17, 15) is 95.5 Å². The zero-order chi connectivity index (χ0) is 99.4. The van der Waals surface area contributed by atoms with Gasteiger partial charge in [0.1, 0.15) is 96.6 Å². The summed E-state index contributed by atoms with van der Waals surface area (Å²) < 4.78 is 63.1. The lowest BCUT2D eigenvalue weighted by molar-refractivity contribution is -0.142. The van der Waals surface area contributed by atoms with E-state index in [1.54, 1.807) is 106 Å². The molecule has 140 heavy (non-hydrogen) atoms. The molecule has 31 nitrogen and oxygen atoms in total. The van der Waals surface area contributed by atoms with E-state index in [-0.39, 0.29) is 235 Å². The fourth-order valence-electron chi connectivity index (χ4n) is 21.0. The Morgan fingerprint density at radius 1 is 0.379 bits per heavy atom. The van der Waals surface area contributed by atoms with Gasteiger partial charge in [0.05, 0.1) is 47.7 Å². The molecule has 20 rings (SSSR count). The Morgan fingerprint density at radius 3 is 1.03 bits per heavy atom. The molecule has 4 aliphatic heterocycles. The molecule has 39 heteroatoms. The molecule has 4 aromatic heterocycles. The van der Waals surface area contributed by atoms with Crippen LogP contribution in [0, 0.1) is 52.9 Å². The van der Waals surface area contributed by atoms with Crippen molar-refractivity contribution in [2.45, 2.75) is 179 Å². The van der Waals surface area contributed by atoms with E-state index >= 15 is 0 Å². The fourth-order valence-corrected chi connectivity index (χ4v) is 21.7. The summed E-state index contributed by atoms with van der Waals surface area (Å²) in [6.07, 6.45) is 13.4. The number of likely N-dealkylation sites (tertiary alicyclic amines) is 4. The number of nitrogens with two attached hydrogens (primary N) is 2. The number of halogens is 8. The topological polar surface area (TPSA) is 431 Å². The Morgan fingerprint density at radius 2 is 0.700 bits per heavy atom. The van der Waals surface area contributed by atoms with Gasteiger partial charge in [-0.3, -0.25) is 62.2 Å². The van der Waals surface area contributed by atoms with E-state index in [0.29, 0.717) is 80.5 Å². The Kier molecular flexibility index (Phi) is 28.2. The van der Waals surface area contributed by atoms with Crippen molar-refractivity contribution in [3.63, 3.8) is 0 Å². The number of hydrogen-bond donors (Lipinski definition) is 10. The number of fused-ring (bicyclic) bond motifs is 8. The van der Waals surface area contributed by atoms with Crippen molar-refractivity contribution in [1.29, 1.82) is 0 Å². The van der Waals surface area contributed by atoms with Crippen LogP contribution in [0.4, 0.5) is 17.6 Å². The number of phenolic OH excluding ortho intramolecular Hbond substituents is 4. The van der Waals surface area contributed by atoms with Crippen molar-refractivity contribution in [2.75, 3.05) is 6.54 Å². The quantitative estimate of drug-likeness (QED) is 0.0198. The summed E-state index contributed by atoms with van der Waals surface area (Å²) in [5.41, 5.74) is 15.2. The van der Waals surface area contributed by atoms with Crippen LogP contribution in [0.3, 0.4) is 0 Å². The number of ketones is 2. The number of carbonyl (C=O) groups excluding carboxylic acids is 12. The van der Waals surface area contributed by atoms with Gasteiger partial charge in [0, 0.05) is 149 Å². The highest BCUT2D eigenvalue weighted by molar-refractivity contribution is 6.32. The van der Waals surface area contributed by atoms with Crippen molar-refractivity contribution >= 4 is 161 Å². The first-order valence-corrected chi connectivity index (χ1v) is 47.3. The molecule has 4 saturated carbocycles. The van der Waals surface area contributed by atoms with Gasteiger partial charge >= 0.3 is 0 Å². The first kappa shape index (κ1) is 97.6. The average Bonchev–Trinajstić information content (AvgIpc) is 1.61. The molecule has 0 bridgehead atoms. The average molecular weight is 1990 g/mol. The standard InChI is InChI=1S/2C26H25ClFN3O4.C25H24ClFN4O4.C24H23ClFN5O4/c1-14(32)19-12-30(22-10-17(33)6-7-18(19)22)13-24(34)31-21-8-5-15(21)9-23(31)26(35)29-11-16-3-2-4-20(27)25(16)28;1-14(32)20-12-30(22-9-17(33)6-8-19(20)22)13-23(34)31-11-16-5-7-18(16)25(31)26(35)29-10-15-3-2-4-21(27)24(15)28;26-18-3-1-2-14(23(18)27)10-29-25(35)21-8-13-4-7-19(13)31(21)22(33)12-30-11-17(24(28)34)16-6-5-15(32)9-20(16)30;25-16-3-1-2-13(21(16)26)10-28-24(35)19-8-12-4-7-17(12)31(19)20(33)11-30-18-9-14(32)5-6-15(18)22(29-30)23(27)34/h2-4,6-7,10,12,15,21,23,33H,5,8-9,11,13H2,1H3,(H,29,35);2-4,6,8-9,12,16,18,25,33H,5,7,10-11,13H2,1H3,(H,29,35);1-3,5-6,9,11,13,19,21,32H,4,7-8,10,12H2,(H2,28,34)(H,29,35);1-3,5-6,9,12,17,19,32H,4,7-8,10-11H2,(H2,27,34)(H,28,35)/t15-,21-,23+;16-,18-,25-;13-,19-,21+;12-,17-,19+/m1011/s1. The molecule has 12 atom stereocenters. The Bertz CT molecular complexity index is 6580. The van der Waals surface area contributed by atoms with Crippen LogP contribution < -0.4 is 32.7 Å². The van der Waals surface area contributed by atoms with Gasteiger partial charge in [0.2, 0.25) is 47.3 Å². The molecule has 0 unspecified atom stereocenters. The lowest BCUT2D eigenvalue weighted by Crippen LogP contribution is -2.51. The van der Waals surface area contributed by atoms with E-state index in [4.69, 9.17) is 57.9 Å². The maximum absolute atomic E-state index is 14.2. The summed E-state index contributed by atoms with van der Waals surface area (Å²) >= 11 is 23.3. The molecular formula is C101H97Cl4F4N15O16. The van der Waals surface area contributed by atoms with Gasteiger partial charge in [0.25, 0.3) is 11.8 Å². The summed E-state index contributed by atoms with van der Waals surface area (Å²) in [5.74, 6) is -5.38. The van der Waals surface area contributed by atoms with Gasteiger partial charge in [0.15, 0.2) is 17.3 Å². The van der Waals surface area contributed by atoms with Gasteiger partial charge in [-0.15, -0.1) is 0 Å². The van der Waals surface area contributed by atoms with Gasteiger partial charge < -0.3 is 86.5 Å². The summed E-state index contributed by atoms with van der Waals surface area (Å²) in [5, 5.41) is 57.2. The van der Waals surface area contributed by atoms with Gasteiger partial charge in [-0.25, -0.2) is 17.6 Å². The van der Waals surface area contributed by atoms with Gasteiger partial charge in [-0.05, 0) is 187 Å². The zero-order valence-corrected chi connectivity index (χ0v) is 78.6. The third-order valence-corrected chi connectivity index (χ3v) is 29.7. The zero-order valence-electron chi connectivity index (χ0n) is 75.5. The Hall–Kier alpha value is -14.0. The molecule has 12 N–H and O–H groups in total. The van der Waals surface area contributed by atoms with Crippen molar-refractivity contribution in [2.24, 2.45) is 41.1 Å². The summed E-state index contributed by atoms with van der Waals surface area (Å²) in [4.78, 5) is 161. The summed E-state index contributed by atoms with van der Waals surface area (Å²) in [6, 6.07) is 33.8. The first-order chi connectivity index (χ1) is 67.0. The number of hydrogen-bond acceptors (Lipinski definition) is 17. The van der Waals surface area contributed by atoms with E-state index in [1.807, 2.05) is 0 Å². The van der Waals surface area contributed by atoms with Crippen LogP contribution >= 0.6 is 46.4 Å². The van der Waals surface area contributed by atoms with Crippen molar-refractivity contribution in [3.05, 3.63) is 252 Å². The Labute approximate surface area is 817 Å². The lowest BCUT2D eigenvalue weighted by atomic mass is 9.73. The van der Waals surface area contributed by atoms with E-state index in [0.717, 1.165) is 51.4 Å². The first-order valence-electron chi connectivity index (χ1n) is 45.8. The number of nitrogens with one attached hydrogen (secondary N) is 4. The molecule has 4 saturated heterocycles. The number of amides is 10. The maximum atomic E-state index is 14.2. The van der Waals surface area contributed by atoms with Crippen molar-refractivity contribution in [1.82, 2.24) is 64.3 Å². The second-order valence-corrected chi connectivity index (χ2v) is 38.4. The van der Waals surface area contributed by atoms with E-state index in [2.05, 4.69) is 26.4 Å². The van der Waals surface area contributed by atoms with Gasteiger partial charge in [-0.1, -0.05) is 94.9 Å². The normalized spacial score (nSPS) is 21.0. The van der Waals surface area contributed by atoms with Gasteiger partial charge in [-0.2, -0.15) is 5.10 Å². The monoisotopic (exact) mass is 1990 g/mol. The van der Waals surface area contributed by atoms with Crippen LogP contribution in [0.15, 0.2) is 164 Å². The van der Waals surface area contributed by atoms with Crippen LogP contribution in [0.1, 0.15) is 148 Å². The number of carbonyl (C=O) groups is 12. The molecule has 10 amide bonds. The number of aromatic hydroxyl groups is 4. The molecule has 12 aromatic rings.